The van der Waals surface area contributed by atoms with Gasteiger partial charge in [0.25, 0.3) is 0 Å². The Hall–Kier alpha value is -1.03. The summed E-state index contributed by atoms with van der Waals surface area (Å²) in [5.41, 5.74) is 5.48. The highest BCUT2D eigenvalue weighted by atomic mass is 32.2. The highest BCUT2D eigenvalue weighted by molar-refractivity contribution is 7.89. The van der Waals surface area contributed by atoms with Crippen molar-refractivity contribution >= 4 is 27.2 Å². The zero-order valence-corrected chi connectivity index (χ0v) is 11.4. The maximum absolute atomic E-state index is 12.3. The van der Waals surface area contributed by atoms with Gasteiger partial charge in [-0.05, 0) is 0 Å². The lowest BCUT2D eigenvalue weighted by atomic mass is 10.3. The minimum Gasteiger partial charge on any atom is -0.391 e. The Kier molecular flexibility index (Phi) is 3.66. The third kappa shape index (κ3) is 2.53. The van der Waals surface area contributed by atoms with Crippen LogP contribution in [0.4, 0.5) is 0 Å². The molecule has 0 bridgehead atoms. The van der Waals surface area contributed by atoms with Gasteiger partial charge in [-0.3, -0.25) is 4.68 Å². The number of sulfonamides is 1. The van der Waals surface area contributed by atoms with E-state index in [0.29, 0.717) is 0 Å². The van der Waals surface area contributed by atoms with Crippen molar-refractivity contribution in [1.82, 2.24) is 14.1 Å². The second kappa shape index (κ2) is 4.92. The number of morpholine rings is 1. The Morgan fingerprint density at radius 2 is 2.39 bits per heavy atom. The fraction of sp³-hybridized carbons (Fsp3) is 0.556. The van der Waals surface area contributed by atoms with E-state index in [1.165, 1.54) is 21.4 Å². The van der Waals surface area contributed by atoms with Gasteiger partial charge in [-0.2, -0.15) is 9.40 Å². The van der Waals surface area contributed by atoms with Crippen LogP contribution in [-0.2, 0) is 21.8 Å². The lowest BCUT2D eigenvalue weighted by molar-refractivity contribution is 0.0386. The van der Waals surface area contributed by atoms with Crippen molar-refractivity contribution in [2.75, 3.05) is 19.7 Å². The van der Waals surface area contributed by atoms with Crippen molar-refractivity contribution in [3.8, 4) is 0 Å². The Labute approximate surface area is 111 Å². The van der Waals surface area contributed by atoms with Gasteiger partial charge in [0.05, 0.1) is 12.8 Å². The molecule has 2 heterocycles. The topological polar surface area (TPSA) is 90.5 Å². The molecule has 7 nitrogen and oxygen atoms in total. The Bertz CT molecular complexity index is 554. The highest BCUT2D eigenvalue weighted by Gasteiger charge is 2.32. The Morgan fingerprint density at radius 1 is 1.67 bits per heavy atom. The first-order valence-electron chi connectivity index (χ1n) is 5.31. The molecule has 0 spiro atoms. The van der Waals surface area contributed by atoms with Gasteiger partial charge in [0.2, 0.25) is 10.0 Å². The fourth-order valence-electron chi connectivity index (χ4n) is 1.70. The molecular weight excluding hydrogens is 276 g/mol. The molecule has 18 heavy (non-hydrogen) atoms. The summed E-state index contributed by atoms with van der Waals surface area (Å²) in [5.74, 6) is 0. The fourth-order valence-corrected chi connectivity index (χ4v) is 3.25. The van der Waals surface area contributed by atoms with Crippen LogP contribution in [0.1, 0.15) is 0 Å². The van der Waals surface area contributed by atoms with Crippen LogP contribution in [-0.4, -0.2) is 53.3 Å². The zero-order chi connectivity index (χ0) is 13.3. The molecule has 1 unspecified atom stereocenters. The molecule has 0 saturated carbocycles. The summed E-state index contributed by atoms with van der Waals surface area (Å²) in [5, 5.41) is 3.86. The minimum absolute atomic E-state index is 0.145. The van der Waals surface area contributed by atoms with Crippen molar-refractivity contribution in [3.63, 3.8) is 0 Å². The predicted molar refractivity (Wildman–Crippen MR) is 68.5 cm³/mol. The summed E-state index contributed by atoms with van der Waals surface area (Å²) in [7, 11) is -1.89. The quantitative estimate of drug-likeness (QED) is 0.725. The standard InChI is InChI=1S/C9H14N4O3S2/c1-12-5-7(4-11-12)18(14,15)13-2-3-16-8(6-13)9(10)17/h4-5,8H,2-3,6H2,1H3,(H2,10,17). The number of rotatable bonds is 3. The first kappa shape index (κ1) is 13.4. The van der Waals surface area contributed by atoms with Crippen LogP contribution < -0.4 is 5.73 Å². The molecule has 0 amide bonds. The first-order valence-corrected chi connectivity index (χ1v) is 7.16. The van der Waals surface area contributed by atoms with Crippen LogP contribution in [0, 0.1) is 0 Å². The number of aryl methyl sites for hydroxylation is 1. The molecule has 0 aromatic carbocycles. The Balaban J connectivity index is 2.22. The van der Waals surface area contributed by atoms with Crippen LogP contribution in [0.25, 0.3) is 0 Å². The molecule has 1 saturated heterocycles. The molecule has 0 aliphatic carbocycles. The Morgan fingerprint density at radius 3 is 2.94 bits per heavy atom. The van der Waals surface area contributed by atoms with E-state index < -0.39 is 16.1 Å². The summed E-state index contributed by atoms with van der Waals surface area (Å²) in [6.07, 6.45) is 2.25. The number of hydrogen-bond donors (Lipinski definition) is 1. The van der Waals surface area contributed by atoms with Gasteiger partial charge in [-0.15, -0.1) is 0 Å². The van der Waals surface area contributed by atoms with E-state index in [4.69, 9.17) is 22.7 Å². The van der Waals surface area contributed by atoms with Crippen molar-refractivity contribution in [3.05, 3.63) is 12.4 Å². The lowest BCUT2D eigenvalue weighted by Crippen LogP contribution is -2.49. The predicted octanol–water partition coefficient (Wildman–Crippen LogP) is -0.904. The van der Waals surface area contributed by atoms with Gasteiger partial charge in [-0.25, -0.2) is 8.42 Å². The summed E-state index contributed by atoms with van der Waals surface area (Å²) in [4.78, 5) is 0.328. The molecule has 2 N–H and O–H groups in total. The van der Waals surface area contributed by atoms with Crippen LogP contribution in [0.3, 0.4) is 0 Å². The minimum atomic E-state index is -3.55. The third-order valence-electron chi connectivity index (χ3n) is 2.67. The smallest absolute Gasteiger partial charge is 0.246 e. The van der Waals surface area contributed by atoms with E-state index in [0.717, 1.165) is 0 Å². The van der Waals surface area contributed by atoms with Crippen LogP contribution >= 0.6 is 12.2 Å². The van der Waals surface area contributed by atoms with E-state index in [1.807, 2.05) is 0 Å². The summed E-state index contributed by atoms with van der Waals surface area (Å²) < 4.78 is 32.7. The summed E-state index contributed by atoms with van der Waals surface area (Å²) in [6.45, 7) is 0.713. The number of thiocarbonyl (C=S) groups is 1. The molecule has 1 aromatic rings. The van der Waals surface area contributed by atoms with Crippen molar-refractivity contribution in [2.24, 2.45) is 12.8 Å². The molecular formula is C9H14N4O3S2. The maximum atomic E-state index is 12.3. The van der Waals surface area contributed by atoms with Gasteiger partial charge in [-0.1, -0.05) is 12.2 Å². The number of nitrogens with zero attached hydrogens (tertiary/aromatic N) is 3. The van der Waals surface area contributed by atoms with Crippen molar-refractivity contribution < 1.29 is 13.2 Å². The van der Waals surface area contributed by atoms with E-state index in [-0.39, 0.29) is 29.6 Å². The van der Waals surface area contributed by atoms with Crippen molar-refractivity contribution in [1.29, 1.82) is 0 Å². The van der Waals surface area contributed by atoms with E-state index in [9.17, 15) is 8.42 Å². The molecule has 1 aliphatic rings. The molecule has 1 aromatic heterocycles. The molecule has 1 atom stereocenters. The monoisotopic (exact) mass is 290 g/mol. The van der Waals surface area contributed by atoms with E-state index in [1.54, 1.807) is 7.05 Å². The first-order chi connectivity index (χ1) is 8.41. The van der Waals surface area contributed by atoms with E-state index in [2.05, 4.69) is 5.10 Å². The van der Waals surface area contributed by atoms with Gasteiger partial charge in [0.1, 0.15) is 16.0 Å². The largest absolute Gasteiger partial charge is 0.391 e. The normalized spacial score (nSPS) is 21.9. The second-order valence-corrected chi connectivity index (χ2v) is 6.38. The van der Waals surface area contributed by atoms with Gasteiger partial charge < -0.3 is 10.5 Å². The molecule has 0 radical (unpaired) electrons. The van der Waals surface area contributed by atoms with E-state index >= 15 is 0 Å². The molecule has 2 rings (SSSR count). The average Bonchev–Trinajstić information content (AvgIpc) is 2.77. The SMILES string of the molecule is Cn1cc(S(=O)(=O)N2CCOC(C(N)=S)C2)cn1. The van der Waals surface area contributed by atoms with Gasteiger partial charge in [0, 0.05) is 26.3 Å². The zero-order valence-electron chi connectivity index (χ0n) is 9.81. The number of aromatic nitrogens is 2. The number of ether oxygens (including phenoxy) is 1. The molecule has 1 fully saturated rings. The van der Waals surface area contributed by atoms with Crippen LogP contribution in [0.2, 0.25) is 0 Å². The second-order valence-electron chi connectivity index (χ2n) is 3.97. The maximum Gasteiger partial charge on any atom is 0.246 e. The molecule has 9 heteroatoms. The summed E-state index contributed by atoms with van der Waals surface area (Å²) in [6, 6.07) is 0. The van der Waals surface area contributed by atoms with Gasteiger partial charge in [0.15, 0.2) is 0 Å². The summed E-state index contributed by atoms with van der Waals surface area (Å²) >= 11 is 4.83. The molecule has 1 aliphatic heterocycles. The van der Waals surface area contributed by atoms with Gasteiger partial charge >= 0.3 is 0 Å². The van der Waals surface area contributed by atoms with Crippen LogP contribution in [0.15, 0.2) is 17.3 Å². The van der Waals surface area contributed by atoms with Crippen molar-refractivity contribution in [2.45, 2.75) is 11.0 Å². The number of nitrogens with two attached hydrogens (primary N) is 1. The lowest BCUT2D eigenvalue weighted by Gasteiger charge is -2.31. The average molecular weight is 290 g/mol. The molecule has 100 valence electrons. The third-order valence-corrected chi connectivity index (χ3v) is 4.75. The van der Waals surface area contributed by atoms with Crippen LogP contribution in [0.5, 0.6) is 0 Å². The number of hydrogen-bond acceptors (Lipinski definition) is 5. The highest BCUT2D eigenvalue weighted by Crippen LogP contribution is 2.18.